The van der Waals surface area contributed by atoms with Crippen molar-refractivity contribution in [1.82, 2.24) is 4.90 Å². The van der Waals surface area contributed by atoms with Crippen molar-refractivity contribution >= 4 is 23.4 Å². The molecule has 0 bridgehead atoms. The normalized spacial score (nSPS) is 13.1. The largest absolute Gasteiger partial charge is 0.326 e. The Morgan fingerprint density at radius 3 is 2.08 bits per heavy atom. The van der Waals surface area contributed by atoms with Gasteiger partial charge in [-0.3, -0.25) is 19.3 Å². The first-order valence-corrected chi connectivity index (χ1v) is 8.29. The van der Waals surface area contributed by atoms with Gasteiger partial charge in [0.1, 0.15) is 0 Å². The summed E-state index contributed by atoms with van der Waals surface area (Å²) >= 11 is 0. The quantitative estimate of drug-likeness (QED) is 0.852. The summed E-state index contributed by atoms with van der Waals surface area (Å²) in [5.41, 5.74) is 3.81. The van der Waals surface area contributed by atoms with Gasteiger partial charge in [0.15, 0.2) is 0 Å². The highest BCUT2D eigenvalue weighted by Crippen LogP contribution is 2.22. The van der Waals surface area contributed by atoms with E-state index in [1.807, 2.05) is 32.0 Å². The Bertz CT molecular complexity index is 803. The molecule has 0 aliphatic carbocycles. The zero-order valence-corrected chi connectivity index (χ0v) is 14.3. The topological polar surface area (TPSA) is 66.5 Å². The Morgan fingerprint density at radius 2 is 1.52 bits per heavy atom. The number of rotatable bonds is 5. The van der Waals surface area contributed by atoms with E-state index in [4.69, 9.17) is 0 Å². The number of nitrogens with zero attached hydrogens (tertiary/aromatic N) is 1. The third kappa shape index (κ3) is 3.60. The third-order valence-corrected chi connectivity index (χ3v) is 4.17. The molecule has 25 heavy (non-hydrogen) atoms. The van der Waals surface area contributed by atoms with Gasteiger partial charge in [-0.15, -0.1) is 0 Å². The van der Waals surface area contributed by atoms with Crippen molar-refractivity contribution in [2.24, 2.45) is 0 Å². The number of aryl methyl sites for hydroxylation is 2. The van der Waals surface area contributed by atoms with Gasteiger partial charge < -0.3 is 5.32 Å². The van der Waals surface area contributed by atoms with Gasteiger partial charge in [-0.1, -0.05) is 18.2 Å². The van der Waals surface area contributed by atoms with Gasteiger partial charge in [-0.2, -0.15) is 0 Å². The van der Waals surface area contributed by atoms with Crippen LogP contribution in [0.25, 0.3) is 0 Å². The van der Waals surface area contributed by atoms with E-state index in [1.165, 1.54) is 4.90 Å². The van der Waals surface area contributed by atoms with E-state index in [9.17, 15) is 14.4 Å². The second-order valence-corrected chi connectivity index (χ2v) is 6.34. The van der Waals surface area contributed by atoms with Crippen molar-refractivity contribution in [3.05, 3.63) is 64.7 Å². The smallest absolute Gasteiger partial charge is 0.261 e. The van der Waals surface area contributed by atoms with E-state index in [-0.39, 0.29) is 30.7 Å². The molecule has 0 aromatic heterocycles. The first kappa shape index (κ1) is 16.9. The second kappa shape index (κ2) is 6.89. The van der Waals surface area contributed by atoms with Crippen LogP contribution in [-0.4, -0.2) is 29.2 Å². The molecule has 0 saturated carbocycles. The number of imide groups is 1. The van der Waals surface area contributed by atoms with Gasteiger partial charge >= 0.3 is 0 Å². The Balaban J connectivity index is 1.54. The third-order valence-electron chi connectivity index (χ3n) is 4.17. The fourth-order valence-corrected chi connectivity index (χ4v) is 3.11. The van der Waals surface area contributed by atoms with Crippen molar-refractivity contribution in [3.63, 3.8) is 0 Å². The van der Waals surface area contributed by atoms with Crippen LogP contribution < -0.4 is 5.32 Å². The number of benzene rings is 2. The number of carbonyl (C=O) groups excluding carboxylic acids is 3. The highest BCUT2D eigenvalue weighted by atomic mass is 16.2. The number of nitrogens with one attached hydrogen (secondary N) is 1. The molecule has 0 saturated heterocycles. The average Bonchev–Trinajstić information content (AvgIpc) is 2.79. The van der Waals surface area contributed by atoms with E-state index in [2.05, 4.69) is 5.32 Å². The molecule has 2 aromatic carbocycles. The van der Waals surface area contributed by atoms with Crippen LogP contribution in [0.2, 0.25) is 0 Å². The first-order chi connectivity index (χ1) is 12.0. The minimum absolute atomic E-state index is 0.124. The molecule has 128 valence electrons. The van der Waals surface area contributed by atoms with Crippen LogP contribution in [0.5, 0.6) is 0 Å². The first-order valence-electron chi connectivity index (χ1n) is 8.29. The molecule has 3 rings (SSSR count). The van der Waals surface area contributed by atoms with E-state index >= 15 is 0 Å². The van der Waals surface area contributed by atoms with Crippen LogP contribution in [0.1, 0.15) is 44.7 Å². The molecular weight excluding hydrogens is 316 g/mol. The zero-order chi connectivity index (χ0) is 18.0. The SMILES string of the molecule is Cc1cc(C)cc(NC(=O)CCCN2C(=O)c3ccccc3C2=O)c1. The van der Waals surface area contributed by atoms with Gasteiger partial charge in [-0.05, 0) is 55.7 Å². The molecule has 3 amide bonds. The predicted molar refractivity (Wildman–Crippen MR) is 95.6 cm³/mol. The molecule has 0 radical (unpaired) electrons. The Labute approximate surface area is 146 Å². The predicted octanol–water partition coefficient (Wildman–Crippen LogP) is 3.32. The molecule has 1 aliphatic heterocycles. The lowest BCUT2D eigenvalue weighted by Gasteiger charge is -2.13. The van der Waals surface area contributed by atoms with Crippen molar-refractivity contribution < 1.29 is 14.4 Å². The summed E-state index contributed by atoms with van der Waals surface area (Å²) in [6, 6.07) is 12.7. The highest BCUT2D eigenvalue weighted by Gasteiger charge is 2.34. The molecule has 1 heterocycles. The second-order valence-electron chi connectivity index (χ2n) is 6.34. The van der Waals surface area contributed by atoms with Gasteiger partial charge in [0, 0.05) is 18.7 Å². The molecule has 0 unspecified atom stereocenters. The van der Waals surface area contributed by atoms with Crippen LogP contribution in [0.4, 0.5) is 5.69 Å². The maximum atomic E-state index is 12.3. The zero-order valence-electron chi connectivity index (χ0n) is 14.3. The van der Waals surface area contributed by atoms with Crippen LogP contribution in [0, 0.1) is 13.8 Å². The van der Waals surface area contributed by atoms with Crippen molar-refractivity contribution in [3.8, 4) is 0 Å². The van der Waals surface area contributed by atoms with Crippen molar-refractivity contribution in [1.29, 1.82) is 0 Å². The van der Waals surface area contributed by atoms with E-state index in [0.29, 0.717) is 17.5 Å². The van der Waals surface area contributed by atoms with E-state index in [0.717, 1.165) is 16.8 Å². The Morgan fingerprint density at radius 1 is 0.960 bits per heavy atom. The molecule has 1 aliphatic rings. The lowest BCUT2D eigenvalue weighted by Crippen LogP contribution is -2.31. The average molecular weight is 336 g/mol. The molecular formula is C20H20N2O3. The van der Waals surface area contributed by atoms with Crippen molar-refractivity contribution in [2.75, 3.05) is 11.9 Å². The number of anilines is 1. The molecule has 0 spiro atoms. The maximum Gasteiger partial charge on any atom is 0.261 e. The number of fused-ring (bicyclic) bond motifs is 1. The highest BCUT2D eigenvalue weighted by molar-refractivity contribution is 6.21. The Kier molecular flexibility index (Phi) is 4.65. The van der Waals surface area contributed by atoms with Gasteiger partial charge in [0.2, 0.25) is 5.91 Å². The molecule has 0 fully saturated rings. The lowest BCUT2D eigenvalue weighted by molar-refractivity contribution is -0.116. The number of carbonyl (C=O) groups is 3. The lowest BCUT2D eigenvalue weighted by atomic mass is 10.1. The summed E-state index contributed by atoms with van der Waals surface area (Å²) in [6.45, 7) is 4.20. The number of amides is 3. The Hall–Kier alpha value is -2.95. The summed E-state index contributed by atoms with van der Waals surface area (Å²) in [5.74, 6) is -0.688. The van der Waals surface area contributed by atoms with Crippen LogP contribution >= 0.6 is 0 Å². The monoisotopic (exact) mass is 336 g/mol. The minimum Gasteiger partial charge on any atom is -0.326 e. The maximum absolute atomic E-state index is 12.3. The van der Waals surface area contributed by atoms with Crippen molar-refractivity contribution in [2.45, 2.75) is 26.7 Å². The van der Waals surface area contributed by atoms with Gasteiger partial charge in [-0.25, -0.2) is 0 Å². The summed E-state index contributed by atoms with van der Waals surface area (Å²) < 4.78 is 0. The standard InChI is InChI=1S/C20H20N2O3/c1-13-10-14(2)12-15(11-13)21-18(23)8-5-9-22-19(24)16-6-3-4-7-17(16)20(22)25/h3-4,6-7,10-12H,5,8-9H2,1-2H3,(H,21,23). The summed E-state index contributed by atoms with van der Waals surface area (Å²) in [5, 5.41) is 2.86. The van der Waals surface area contributed by atoms with Crippen LogP contribution in [0.3, 0.4) is 0 Å². The van der Waals surface area contributed by atoms with E-state index < -0.39 is 0 Å². The number of hydrogen-bond acceptors (Lipinski definition) is 3. The molecule has 1 N–H and O–H groups in total. The van der Waals surface area contributed by atoms with Crippen LogP contribution in [-0.2, 0) is 4.79 Å². The molecule has 5 heteroatoms. The summed E-state index contributed by atoms with van der Waals surface area (Å²) in [6.07, 6.45) is 0.683. The fraction of sp³-hybridized carbons (Fsp3) is 0.250. The fourth-order valence-electron chi connectivity index (χ4n) is 3.11. The number of hydrogen-bond donors (Lipinski definition) is 1. The molecule has 0 atom stereocenters. The molecule has 2 aromatic rings. The summed E-state index contributed by atoms with van der Waals surface area (Å²) in [4.78, 5) is 37.8. The van der Waals surface area contributed by atoms with Crippen LogP contribution in [0.15, 0.2) is 42.5 Å². The molecule has 5 nitrogen and oxygen atoms in total. The van der Waals surface area contributed by atoms with Gasteiger partial charge in [0.05, 0.1) is 11.1 Å². The van der Waals surface area contributed by atoms with E-state index in [1.54, 1.807) is 24.3 Å². The minimum atomic E-state index is -0.282. The van der Waals surface area contributed by atoms with Gasteiger partial charge in [0.25, 0.3) is 11.8 Å². The summed E-state index contributed by atoms with van der Waals surface area (Å²) in [7, 11) is 0.